The molecule has 2 saturated heterocycles. The normalized spacial score (nSPS) is 22.4. The first kappa shape index (κ1) is 15.0. The second-order valence-corrected chi connectivity index (χ2v) is 6.40. The van der Waals surface area contributed by atoms with Gasteiger partial charge in [0.1, 0.15) is 0 Å². The number of rotatable bonds is 3. The summed E-state index contributed by atoms with van der Waals surface area (Å²) in [5.74, 6) is 1.07. The van der Waals surface area contributed by atoms with Crippen molar-refractivity contribution in [2.75, 3.05) is 31.5 Å². The van der Waals surface area contributed by atoms with Crippen LogP contribution >= 0.6 is 0 Å². The summed E-state index contributed by atoms with van der Waals surface area (Å²) >= 11 is 0. The van der Waals surface area contributed by atoms with Gasteiger partial charge in [0.25, 0.3) is 11.8 Å². The van der Waals surface area contributed by atoms with E-state index in [2.05, 4.69) is 10.6 Å². The number of likely N-dealkylation sites (tertiary alicyclic amines) is 1. The van der Waals surface area contributed by atoms with Gasteiger partial charge in [-0.2, -0.15) is 0 Å². The first-order valence-electron chi connectivity index (χ1n) is 8.15. The van der Waals surface area contributed by atoms with Crippen molar-refractivity contribution >= 4 is 17.5 Å². The molecule has 2 atom stereocenters. The number of anilines is 1. The highest BCUT2D eigenvalue weighted by atomic mass is 16.3. The van der Waals surface area contributed by atoms with Crippen molar-refractivity contribution in [1.29, 1.82) is 0 Å². The summed E-state index contributed by atoms with van der Waals surface area (Å²) < 4.78 is 5.08. The van der Waals surface area contributed by atoms with Crippen molar-refractivity contribution in [3.05, 3.63) is 54.0 Å². The number of carbonyl (C=O) groups excluding carboxylic acids is 2. The monoisotopic (exact) mass is 325 g/mol. The van der Waals surface area contributed by atoms with Crippen LogP contribution < -0.4 is 10.6 Å². The molecule has 2 amide bonds. The molecule has 2 aliphatic rings. The van der Waals surface area contributed by atoms with Crippen LogP contribution in [0.2, 0.25) is 0 Å². The largest absolute Gasteiger partial charge is 0.459 e. The molecule has 3 heterocycles. The van der Waals surface area contributed by atoms with Crippen LogP contribution in [0.3, 0.4) is 0 Å². The first-order chi connectivity index (χ1) is 11.7. The summed E-state index contributed by atoms with van der Waals surface area (Å²) in [5, 5.41) is 6.13. The minimum absolute atomic E-state index is 0.0264. The highest BCUT2D eigenvalue weighted by molar-refractivity contribution is 6.03. The van der Waals surface area contributed by atoms with Crippen molar-refractivity contribution in [2.24, 2.45) is 11.8 Å². The van der Waals surface area contributed by atoms with Crippen LogP contribution in [-0.2, 0) is 0 Å². The van der Waals surface area contributed by atoms with Gasteiger partial charge < -0.3 is 20.0 Å². The van der Waals surface area contributed by atoms with Gasteiger partial charge >= 0.3 is 0 Å². The molecule has 2 N–H and O–H groups in total. The van der Waals surface area contributed by atoms with Crippen LogP contribution in [0.1, 0.15) is 20.9 Å². The average Bonchev–Trinajstić information content (AvgIpc) is 3.30. The fraction of sp³-hybridized carbons (Fsp3) is 0.333. The van der Waals surface area contributed by atoms with Crippen LogP contribution in [0.15, 0.2) is 47.1 Å². The van der Waals surface area contributed by atoms with Crippen LogP contribution in [0.25, 0.3) is 0 Å². The Kier molecular flexibility index (Phi) is 3.82. The summed E-state index contributed by atoms with van der Waals surface area (Å²) in [5.41, 5.74) is 1.18. The molecule has 0 unspecified atom stereocenters. The molecule has 2 aliphatic heterocycles. The van der Waals surface area contributed by atoms with Gasteiger partial charge in [-0.25, -0.2) is 0 Å². The number of fused-ring (bicyclic) bond motifs is 1. The molecule has 0 bridgehead atoms. The number of amides is 2. The van der Waals surface area contributed by atoms with Gasteiger partial charge in [0.2, 0.25) is 0 Å². The Balaban J connectivity index is 1.46. The zero-order valence-electron chi connectivity index (χ0n) is 13.2. The second-order valence-electron chi connectivity index (χ2n) is 6.40. The Morgan fingerprint density at radius 1 is 1.12 bits per heavy atom. The van der Waals surface area contributed by atoms with E-state index in [4.69, 9.17) is 4.42 Å². The maximum absolute atomic E-state index is 12.7. The molecular formula is C18H19N3O3. The topological polar surface area (TPSA) is 74.6 Å². The number of benzene rings is 1. The van der Waals surface area contributed by atoms with Gasteiger partial charge in [-0.05, 0) is 42.2 Å². The van der Waals surface area contributed by atoms with E-state index in [0.717, 1.165) is 26.2 Å². The number of hydrogen-bond donors (Lipinski definition) is 2. The molecule has 6 heteroatoms. The standard InChI is InChI=1S/C18H19N3O3/c22-17(16-5-2-6-24-16)20-15-4-1-3-12(7-15)18(23)21-10-13-8-19-9-14(13)11-21/h1-7,13-14,19H,8-11H2,(H,20,22)/t13-,14+. The lowest BCUT2D eigenvalue weighted by atomic mass is 10.0. The molecule has 124 valence electrons. The van der Waals surface area contributed by atoms with Gasteiger partial charge in [-0.3, -0.25) is 9.59 Å². The number of nitrogens with zero attached hydrogens (tertiary/aromatic N) is 1. The molecule has 0 radical (unpaired) electrons. The maximum atomic E-state index is 12.7. The van der Waals surface area contributed by atoms with E-state index in [1.807, 2.05) is 4.90 Å². The van der Waals surface area contributed by atoms with Crippen molar-refractivity contribution in [3.63, 3.8) is 0 Å². The predicted molar refractivity (Wildman–Crippen MR) is 88.9 cm³/mol. The lowest BCUT2D eigenvalue weighted by molar-refractivity contribution is 0.0781. The van der Waals surface area contributed by atoms with Crippen LogP contribution in [0.4, 0.5) is 5.69 Å². The van der Waals surface area contributed by atoms with E-state index in [1.54, 1.807) is 36.4 Å². The Morgan fingerprint density at radius 2 is 1.92 bits per heavy atom. The highest BCUT2D eigenvalue weighted by Gasteiger charge is 2.38. The number of carbonyl (C=O) groups is 2. The van der Waals surface area contributed by atoms with Crippen LogP contribution in [0, 0.1) is 11.8 Å². The van der Waals surface area contributed by atoms with Crippen molar-refractivity contribution < 1.29 is 14.0 Å². The third kappa shape index (κ3) is 2.80. The third-order valence-electron chi connectivity index (χ3n) is 4.79. The first-order valence-corrected chi connectivity index (χ1v) is 8.15. The minimum Gasteiger partial charge on any atom is -0.459 e. The molecule has 6 nitrogen and oxygen atoms in total. The number of nitrogens with one attached hydrogen (secondary N) is 2. The fourth-order valence-corrected chi connectivity index (χ4v) is 3.53. The fourth-order valence-electron chi connectivity index (χ4n) is 3.53. The molecule has 4 rings (SSSR count). The highest BCUT2D eigenvalue weighted by Crippen LogP contribution is 2.27. The number of hydrogen-bond acceptors (Lipinski definition) is 4. The van der Waals surface area contributed by atoms with Gasteiger partial charge in [0, 0.05) is 37.4 Å². The second kappa shape index (κ2) is 6.13. The molecule has 0 aliphatic carbocycles. The van der Waals surface area contributed by atoms with Crippen molar-refractivity contribution in [3.8, 4) is 0 Å². The maximum Gasteiger partial charge on any atom is 0.291 e. The minimum atomic E-state index is -0.327. The summed E-state index contributed by atoms with van der Waals surface area (Å²) in [7, 11) is 0. The Hall–Kier alpha value is -2.60. The van der Waals surface area contributed by atoms with Gasteiger partial charge in [0.15, 0.2) is 5.76 Å². The van der Waals surface area contributed by atoms with Crippen molar-refractivity contribution in [2.45, 2.75) is 0 Å². The molecule has 0 saturated carbocycles. The third-order valence-corrected chi connectivity index (χ3v) is 4.79. The summed E-state index contributed by atoms with van der Waals surface area (Å²) in [6, 6.07) is 10.3. The molecule has 24 heavy (non-hydrogen) atoms. The Labute approximate surface area is 139 Å². The quantitative estimate of drug-likeness (QED) is 0.903. The lowest BCUT2D eigenvalue weighted by Crippen LogP contribution is -2.31. The van der Waals surface area contributed by atoms with E-state index >= 15 is 0 Å². The van der Waals surface area contributed by atoms with Gasteiger partial charge in [-0.1, -0.05) is 6.07 Å². The van der Waals surface area contributed by atoms with E-state index < -0.39 is 0 Å². The summed E-state index contributed by atoms with van der Waals surface area (Å²) in [4.78, 5) is 26.7. The molecule has 2 fully saturated rings. The SMILES string of the molecule is O=C(Nc1cccc(C(=O)N2C[C@H]3CNC[C@H]3C2)c1)c1ccco1. The van der Waals surface area contributed by atoms with Gasteiger partial charge in [0.05, 0.1) is 6.26 Å². The predicted octanol–water partition coefficient (Wildman–Crippen LogP) is 1.82. The van der Waals surface area contributed by atoms with E-state index in [0.29, 0.717) is 23.1 Å². The summed E-state index contributed by atoms with van der Waals surface area (Å²) in [6.45, 7) is 3.60. The average molecular weight is 325 g/mol. The van der Waals surface area contributed by atoms with Crippen LogP contribution in [0.5, 0.6) is 0 Å². The van der Waals surface area contributed by atoms with Gasteiger partial charge in [-0.15, -0.1) is 0 Å². The smallest absolute Gasteiger partial charge is 0.291 e. The Bertz CT molecular complexity index is 745. The van der Waals surface area contributed by atoms with E-state index in [9.17, 15) is 9.59 Å². The van der Waals surface area contributed by atoms with Crippen molar-refractivity contribution in [1.82, 2.24) is 10.2 Å². The molecule has 2 aromatic rings. The van der Waals surface area contributed by atoms with E-state index in [-0.39, 0.29) is 17.6 Å². The Morgan fingerprint density at radius 3 is 2.62 bits per heavy atom. The lowest BCUT2D eigenvalue weighted by Gasteiger charge is -2.18. The van der Waals surface area contributed by atoms with Crippen LogP contribution in [-0.4, -0.2) is 42.9 Å². The number of furan rings is 1. The molecular weight excluding hydrogens is 306 g/mol. The molecule has 0 spiro atoms. The zero-order chi connectivity index (χ0) is 16.5. The van der Waals surface area contributed by atoms with E-state index in [1.165, 1.54) is 6.26 Å². The molecule has 1 aromatic carbocycles. The zero-order valence-corrected chi connectivity index (χ0v) is 13.2. The molecule has 1 aromatic heterocycles. The summed E-state index contributed by atoms with van der Waals surface area (Å²) in [6.07, 6.45) is 1.45.